The zero-order valence-electron chi connectivity index (χ0n) is 10.6. The van der Waals surface area contributed by atoms with E-state index in [9.17, 15) is 0 Å². The molecule has 0 spiro atoms. The number of hydrogen-bond donors (Lipinski definition) is 0. The van der Waals surface area contributed by atoms with E-state index in [1.54, 1.807) is 0 Å². The van der Waals surface area contributed by atoms with E-state index in [1.165, 1.54) is 41.8 Å². The van der Waals surface area contributed by atoms with Gasteiger partial charge in [-0.05, 0) is 47.0 Å². The van der Waals surface area contributed by atoms with Crippen molar-refractivity contribution in [3.05, 3.63) is 22.7 Å². The van der Waals surface area contributed by atoms with Crippen molar-refractivity contribution in [1.82, 2.24) is 0 Å². The third-order valence-corrected chi connectivity index (χ3v) is 4.39. The largest absolute Gasteiger partial charge is 0.378 e. The molecular formula is C14H19BrN2O. The Kier molecular flexibility index (Phi) is 3.75. The van der Waals surface area contributed by atoms with Crippen LogP contribution in [0.3, 0.4) is 0 Å². The van der Waals surface area contributed by atoms with Gasteiger partial charge in [0.2, 0.25) is 0 Å². The molecule has 0 amide bonds. The highest BCUT2D eigenvalue weighted by atomic mass is 79.9. The van der Waals surface area contributed by atoms with Crippen LogP contribution in [0.25, 0.3) is 0 Å². The predicted molar refractivity (Wildman–Crippen MR) is 78.6 cm³/mol. The molecular weight excluding hydrogens is 292 g/mol. The smallest absolute Gasteiger partial charge is 0.0642 e. The van der Waals surface area contributed by atoms with Gasteiger partial charge in [0.25, 0.3) is 0 Å². The molecule has 3 nitrogen and oxygen atoms in total. The van der Waals surface area contributed by atoms with E-state index < -0.39 is 0 Å². The van der Waals surface area contributed by atoms with Crippen LogP contribution in [0.5, 0.6) is 0 Å². The van der Waals surface area contributed by atoms with Gasteiger partial charge in [-0.15, -0.1) is 0 Å². The molecule has 2 heterocycles. The minimum Gasteiger partial charge on any atom is -0.378 e. The van der Waals surface area contributed by atoms with Gasteiger partial charge in [0.15, 0.2) is 0 Å². The van der Waals surface area contributed by atoms with Gasteiger partial charge in [-0.2, -0.15) is 0 Å². The Morgan fingerprint density at radius 2 is 1.67 bits per heavy atom. The van der Waals surface area contributed by atoms with Crippen molar-refractivity contribution in [2.45, 2.75) is 12.8 Å². The summed E-state index contributed by atoms with van der Waals surface area (Å²) in [5.74, 6) is 0. The molecule has 2 aliphatic heterocycles. The van der Waals surface area contributed by atoms with Crippen LogP contribution in [-0.2, 0) is 4.74 Å². The Hall–Kier alpha value is -0.740. The molecule has 98 valence electrons. The first kappa shape index (κ1) is 12.3. The summed E-state index contributed by atoms with van der Waals surface area (Å²) in [5, 5.41) is 0. The van der Waals surface area contributed by atoms with Gasteiger partial charge in [-0.25, -0.2) is 0 Å². The Morgan fingerprint density at radius 3 is 2.33 bits per heavy atom. The van der Waals surface area contributed by atoms with Gasteiger partial charge in [0.05, 0.1) is 18.9 Å². The molecule has 1 aromatic carbocycles. The summed E-state index contributed by atoms with van der Waals surface area (Å²) in [6.45, 7) is 6.04. The maximum Gasteiger partial charge on any atom is 0.0642 e. The van der Waals surface area contributed by atoms with Crippen LogP contribution >= 0.6 is 15.9 Å². The summed E-state index contributed by atoms with van der Waals surface area (Å²) >= 11 is 3.72. The van der Waals surface area contributed by atoms with Crippen LogP contribution in [-0.4, -0.2) is 39.4 Å². The SMILES string of the molecule is Brc1cc(N2CCCC2)ccc1N1CCOCC1. The number of ether oxygens (including phenoxy) is 1. The van der Waals surface area contributed by atoms with E-state index in [-0.39, 0.29) is 0 Å². The second-order valence-corrected chi connectivity index (χ2v) is 5.78. The summed E-state index contributed by atoms with van der Waals surface area (Å²) in [5.41, 5.74) is 2.64. The third kappa shape index (κ3) is 2.50. The van der Waals surface area contributed by atoms with Crippen LogP contribution in [0.4, 0.5) is 11.4 Å². The molecule has 0 saturated carbocycles. The molecule has 0 unspecified atom stereocenters. The minimum absolute atomic E-state index is 0.834. The molecule has 2 fully saturated rings. The molecule has 0 aromatic heterocycles. The molecule has 0 aliphatic carbocycles. The van der Waals surface area contributed by atoms with Gasteiger partial charge in [-0.3, -0.25) is 0 Å². The molecule has 0 atom stereocenters. The van der Waals surface area contributed by atoms with Crippen LogP contribution in [0.15, 0.2) is 22.7 Å². The van der Waals surface area contributed by atoms with E-state index in [0.29, 0.717) is 0 Å². The molecule has 2 saturated heterocycles. The lowest BCUT2D eigenvalue weighted by molar-refractivity contribution is 0.122. The van der Waals surface area contributed by atoms with Crippen LogP contribution in [0, 0.1) is 0 Å². The summed E-state index contributed by atoms with van der Waals surface area (Å²) < 4.78 is 6.60. The van der Waals surface area contributed by atoms with Crippen LogP contribution in [0.1, 0.15) is 12.8 Å². The van der Waals surface area contributed by atoms with Crippen LogP contribution in [0.2, 0.25) is 0 Å². The van der Waals surface area contributed by atoms with Crippen molar-refractivity contribution in [2.75, 3.05) is 49.2 Å². The molecule has 3 rings (SSSR count). The van der Waals surface area contributed by atoms with E-state index in [2.05, 4.69) is 43.9 Å². The lowest BCUT2D eigenvalue weighted by atomic mass is 10.2. The first-order chi connectivity index (χ1) is 8.84. The van der Waals surface area contributed by atoms with Gasteiger partial charge >= 0.3 is 0 Å². The Bertz CT molecular complexity index is 412. The Balaban J connectivity index is 1.79. The first-order valence-corrected chi connectivity index (χ1v) is 7.51. The minimum atomic E-state index is 0.834. The summed E-state index contributed by atoms with van der Waals surface area (Å²) in [6.07, 6.45) is 2.64. The fourth-order valence-electron chi connectivity index (χ4n) is 2.73. The molecule has 1 aromatic rings. The second-order valence-electron chi connectivity index (χ2n) is 4.93. The molecule has 18 heavy (non-hydrogen) atoms. The monoisotopic (exact) mass is 310 g/mol. The number of halogens is 1. The standard InChI is InChI=1S/C14H19BrN2O/c15-13-11-12(16-5-1-2-6-16)3-4-14(13)17-7-9-18-10-8-17/h3-4,11H,1-2,5-10H2. The van der Waals surface area contributed by atoms with Crippen molar-refractivity contribution in [3.8, 4) is 0 Å². The van der Waals surface area contributed by atoms with E-state index in [1.807, 2.05) is 0 Å². The van der Waals surface area contributed by atoms with Gasteiger partial charge < -0.3 is 14.5 Å². The van der Waals surface area contributed by atoms with Gasteiger partial charge in [-0.1, -0.05) is 0 Å². The highest BCUT2D eigenvalue weighted by Gasteiger charge is 2.17. The molecule has 0 bridgehead atoms. The van der Waals surface area contributed by atoms with Crippen molar-refractivity contribution in [3.63, 3.8) is 0 Å². The fraction of sp³-hybridized carbons (Fsp3) is 0.571. The van der Waals surface area contributed by atoms with E-state index in [0.717, 1.165) is 26.3 Å². The predicted octanol–water partition coefficient (Wildman–Crippen LogP) is 2.89. The molecule has 0 N–H and O–H groups in total. The first-order valence-electron chi connectivity index (χ1n) is 6.72. The number of benzene rings is 1. The van der Waals surface area contributed by atoms with Gasteiger partial charge in [0.1, 0.15) is 0 Å². The zero-order valence-corrected chi connectivity index (χ0v) is 12.2. The average molecular weight is 311 g/mol. The van der Waals surface area contributed by atoms with Crippen molar-refractivity contribution in [2.24, 2.45) is 0 Å². The van der Waals surface area contributed by atoms with Crippen LogP contribution < -0.4 is 9.80 Å². The lowest BCUT2D eigenvalue weighted by Gasteiger charge is -2.30. The summed E-state index contributed by atoms with van der Waals surface area (Å²) in [4.78, 5) is 4.86. The maximum absolute atomic E-state index is 5.40. The lowest BCUT2D eigenvalue weighted by Crippen LogP contribution is -2.36. The topological polar surface area (TPSA) is 15.7 Å². The molecule has 4 heteroatoms. The Labute approximate surface area is 117 Å². The fourth-order valence-corrected chi connectivity index (χ4v) is 3.35. The number of anilines is 2. The Morgan fingerprint density at radius 1 is 0.944 bits per heavy atom. The maximum atomic E-state index is 5.40. The number of nitrogens with zero attached hydrogens (tertiary/aromatic N) is 2. The normalized spacial score (nSPS) is 20.5. The van der Waals surface area contributed by atoms with Crippen molar-refractivity contribution >= 4 is 27.3 Å². The summed E-state index contributed by atoms with van der Waals surface area (Å²) in [7, 11) is 0. The average Bonchev–Trinajstić information content (AvgIpc) is 2.93. The third-order valence-electron chi connectivity index (χ3n) is 3.75. The van der Waals surface area contributed by atoms with Crippen molar-refractivity contribution in [1.29, 1.82) is 0 Å². The number of rotatable bonds is 2. The number of morpholine rings is 1. The summed E-state index contributed by atoms with van der Waals surface area (Å²) in [6, 6.07) is 6.75. The van der Waals surface area contributed by atoms with Crippen molar-refractivity contribution < 1.29 is 4.74 Å². The number of hydrogen-bond acceptors (Lipinski definition) is 3. The van der Waals surface area contributed by atoms with Gasteiger partial charge in [0, 0.05) is 36.3 Å². The molecule has 0 radical (unpaired) electrons. The highest BCUT2D eigenvalue weighted by molar-refractivity contribution is 9.10. The highest BCUT2D eigenvalue weighted by Crippen LogP contribution is 2.32. The van der Waals surface area contributed by atoms with E-state index >= 15 is 0 Å². The quantitative estimate of drug-likeness (QED) is 0.835. The second kappa shape index (κ2) is 5.49. The molecule has 2 aliphatic rings. The van der Waals surface area contributed by atoms with E-state index in [4.69, 9.17) is 4.74 Å². The zero-order chi connectivity index (χ0) is 12.4.